The van der Waals surface area contributed by atoms with E-state index >= 15 is 0 Å². The van der Waals surface area contributed by atoms with Crippen molar-refractivity contribution in [2.75, 3.05) is 7.11 Å². The minimum absolute atomic E-state index is 0.0607. The first-order valence-electron chi connectivity index (χ1n) is 9.13. The van der Waals surface area contributed by atoms with Crippen molar-refractivity contribution in [3.05, 3.63) is 41.5 Å². The Hall–Kier alpha value is -1.28. The largest absolute Gasteiger partial charge is 0.497 e. The minimum Gasteiger partial charge on any atom is -0.497 e. The van der Waals surface area contributed by atoms with E-state index in [0.29, 0.717) is 11.8 Å². The quantitative estimate of drug-likeness (QED) is 0.787. The van der Waals surface area contributed by atoms with Gasteiger partial charge in [0.2, 0.25) is 0 Å². The first kappa shape index (κ1) is 14.1. The van der Waals surface area contributed by atoms with Crippen LogP contribution in [0.3, 0.4) is 0 Å². The minimum atomic E-state index is -0.543. The lowest BCUT2D eigenvalue weighted by Gasteiger charge is -2.56. The Morgan fingerprint density at radius 3 is 2.74 bits per heavy atom. The molecule has 23 heavy (non-hydrogen) atoms. The zero-order valence-electron chi connectivity index (χ0n) is 14.1. The zero-order chi connectivity index (χ0) is 15.9. The van der Waals surface area contributed by atoms with Gasteiger partial charge in [-0.25, -0.2) is 0 Å². The van der Waals surface area contributed by atoms with Gasteiger partial charge in [0.25, 0.3) is 0 Å². The number of aryl methyl sites for hydroxylation is 1. The smallest absolute Gasteiger partial charge is 0.119 e. The fraction of sp³-hybridized carbons (Fsp3) is 0.619. The molecule has 5 rings (SSSR count). The third-order valence-electron chi connectivity index (χ3n) is 8.14. The van der Waals surface area contributed by atoms with E-state index < -0.39 is 5.60 Å². The molecule has 1 aromatic rings. The number of hydrogen-bond acceptors (Lipinski definition) is 2. The third-order valence-corrected chi connectivity index (χ3v) is 8.14. The number of rotatable bonds is 1. The van der Waals surface area contributed by atoms with E-state index in [0.717, 1.165) is 25.0 Å². The maximum atomic E-state index is 11.1. The van der Waals surface area contributed by atoms with Gasteiger partial charge in [0.05, 0.1) is 12.7 Å². The molecule has 2 saturated carbocycles. The van der Waals surface area contributed by atoms with Gasteiger partial charge in [0, 0.05) is 10.8 Å². The van der Waals surface area contributed by atoms with Crippen LogP contribution in [0, 0.1) is 16.7 Å². The molecule has 2 fully saturated rings. The van der Waals surface area contributed by atoms with Gasteiger partial charge in [0.15, 0.2) is 0 Å². The van der Waals surface area contributed by atoms with Crippen LogP contribution in [0.2, 0.25) is 0 Å². The fourth-order valence-electron chi connectivity index (χ4n) is 6.77. The Morgan fingerprint density at radius 1 is 1.13 bits per heavy atom. The van der Waals surface area contributed by atoms with E-state index in [4.69, 9.17) is 4.74 Å². The van der Waals surface area contributed by atoms with Gasteiger partial charge in [-0.05, 0) is 73.6 Å². The number of allylic oxidation sites excluding steroid dienone is 1. The third kappa shape index (κ3) is 1.45. The van der Waals surface area contributed by atoms with Gasteiger partial charge >= 0.3 is 0 Å². The second kappa shape index (κ2) is 4.22. The molecule has 0 unspecified atom stereocenters. The molecule has 2 bridgehead atoms. The molecule has 2 heteroatoms. The zero-order valence-corrected chi connectivity index (χ0v) is 14.1. The van der Waals surface area contributed by atoms with Crippen molar-refractivity contribution >= 4 is 0 Å². The Labute approximate surface area is 138 Å². The van der Waals surface area contributed by atoms with Crippen LogP contribution in [0.1, 0.15) is 56.1 Å². The van der Waals surface area contributed by atoms with Gasteiger partial charge < -0.3 is 9.84 Å². The summed E-state index contributed by atoms with van der Waals surface area (Å²) in [6.07, 6.45) is 11.5. The van der Waals surface area contributed by atoms with Gasteiger partial charge in [0.1, 0.15) is 5.75 Å². The van der Waals surface area contributed by atoms with Crippen LogP contribution in [0.4, 0.5) is 0 Å². The monoisotopic (exact) mass is 310 g/mol. The van der Waals surface area contributed by atoms with E-state index in [2.05, 4.69) is 37.3 Å². The summed E-state index contributed by atoms with van der Waals surface area (Å²) >= 11 is 0. The second-order valence-electron chi connectivity index (χ2n) is 8.49. The first-order valence-corrected chi connectivity index (χ1v) is 9.13. The highest BCUT2D eigenvalue weighted by Gasteiger charge is 2.70. The lowest BCUT2D eigenvalue weighted by Crippen LogP contribution is -2.52. The highest BCUT2D eigenvalue weighted by atomic mass is 16.5. The summed E-state index contributed by atoms with van der Waals surface area (Å²) in [4.78, 5) is 0. The molecule has 0 spiro atoms. The molecule has 0 aromatic heterocycles. The van der Waals surface area contributed by atoms with Crippen LogP contribution >= 0.6 is 0 Å². The first-order chi connectivity index (χ1) is 11.0. The average Bonchev–Trinajstić information content (AvgIpc) is 2.95. The molecule has 0 radical (unpaired) electrons. The molecule has 5 atom stereocenters. The Balaban J connectivity index is 1.60. The number of hydrogen-bond donors (Lipinski definition) is 1. The van der Waals surface area contributed by atoms with Gasteiger partial charge in [-0.3, -0.25) is 0 Å². The van der Waals surface area contributed by atoms with E-state index in [1.807, 2.05) is 0 Å². The van der Waals surface area contributed by atoms with Crippen molar-refractivity contribution in [3.8, 4) is 5.75 Å². The van der Waals surface area contributed by atoms with Crippen molar-refractivity contribution in [2.24, 2.45) is 16.7 Å². The Morgan fingerprint density at radius 2 is 2.00 bits per heavy atom. The summed E-state index contributed by atoms with van der Waals surface area (Å²) in [7, 11) is 1.75. The molecule has 4 aliphatic rings. The van der Waals surface area contributed by atoms with E-state index in [1.54, 1.807) is 12.7 Å². The van der Waals surface area contributed by atoms with Crippen molar-refractivity contribution in [1.29, 1.82) is 0 Å². The van der Waals surface area contributed by atoms with Crippen LogP contribution in [0.15, 0.2) is 30.4 Å². The predicted octanol–water partition coefficient (Wildman–Crippen LogP) is 4.22. The molecular formula is C21H26O2. The number of methoxy groups -OCH3 is 1. The predicted molar refractivity (Wildman–Crippen MR) is 90.6 cm³/mol. The summed E-state index contributed by atoms with van der Waals surface area (Å²) < 4.78 is 5.42. The van der Waals surface area contributed by atoms with Crippen LogP contribution in [0.5, 0.6) is 5.75 Å². The molecule has 1 N–H and O–H groups in total. The Kier molecular flexibility index (Phi) is 2.58. The lowest BCUT2D eigenvalue weighted by molar-refractivity contribution is -0.0870. The van der Waals surface area contributed by atoms with Crippen molar-refractivity contribution < 1.29 is 9.84 Å². The molecule has 2 nitrogen and oxygen atoms in total. The number of fused-ring (bicyclic) bond motifs is 3. The topological polar surface area (TPSA) is 29.5 Å². The Bertz CT molecular complexity index is 708. The van der Waals surface area contributed by atoms with Crippen molar-refractivity contribution in [1.82, 2.24) is 0 Å². The average molecular weight is 310 g/mol. The summed E-state index contributed by atoms with van der Waals surface area (Å²) in [6.45, 7) is 2.36. The second-order valence-corrected chi connectivity index (χ2v) is 8.49. The normalized spacial score (nSPS) is 46.2. The van der Waals surface area contributed by atoms with Crippen LogP contribution in [-0.2, 0) is 6.42 Å². The van der Waals surface area contributed by atoms with Crippen LogP contribution < -0.4 is 4.74 Å². The molecule has 0 heterocycles. The maximum absolute atomic E-state index is 11.1. The molecule has 4 aliphatic carbocycles. The van der Waals surface area contributed by atoms with E-state index in [9.17, 15) is 5.11 Å². The molecular weight excluding hydrogens is 284 g/mol. The molecule has 0 amide bonds. The summed E-state index contributed by atoms with van der Waals surface area (Å²) in [5, 5.41) is 11.1. The molecule has 122 valence electrons. The number of ether oxygens (including phenoxy) is 1. The summed E-state index contributed by atoms with van der Waals surface area (Å²) in [6, 6.07) is 6.68. The van der Waals surface area contributed by atoms with Crippen LogP contribution in [0.25, 0.3) is 0 Å². The van der Waals surface area contributed by atoms with E-state index in [-0.39, 0.29) is 10.8 Å². The van der Waals surface area contributed by atoms with Gasteiger partial charge in [-0.15, -0.1) is 0 Å². The maximum Gasteiger partial charge on any atom is 0.119 e. The molecule has 0 saturated heterocycles. The summed E-state index contributed by atoms with van der Waals surface area (Å²) in [5.74, 6) is 2.33. The SMILES string of the molecule is COc1ccc2c(c1)CC[C@@H]1[C@@H]2CC[C@]2(C)[C@@]3(O)C=C[C@]12CC3. The highest BCUT2D eigenvalue weighted by Crippen LogP contribution is 2.74. The van der Waals surface area contributed by atoms with E-state index in [1.165, 1.54) is 24.8 Å². The standard InChI is InChI=1S/C21H26O2/c1-19-8-7-17-16-5-4-15(23-2)13-14(16)3-6-18(17)20(19)9-11-21(19,22)12-10-20/h4-5,9,11,13,17-18,22H,3,6-8,10,12H2,1-2H3/t17-,18-,19+,20+,21-/m1/s1. The fourth-order valence-corrected chi connectivity index (χ4v) is 6.77. The number of aliphatic hydroxyl groups is 1. The number of benzene rings is 1. The van der Waals surface area contributed by atoms with Gasteiger partial charge in [-0.2, -0.15) is 0 Å². The lowest BCUT2D eigenvalue weighted by atomic mass is 9.48. The molecule has 0 aliphatic heterocycles. The van der Waals surface area contributed by atoms with Crippen molar-refractivity contribution in [3.63, 3.8) is 0 Å². The van der Waals surface area contributed by atoms with Crippen LogP contribution in [-0.4, -0.2) is 17.8 Å². The highest BCUT2D eigenvalue weighted by molar-refractivity contribution is 5.44. The molecule has 1 aromatic carbocycles. The summed E-state index contributed by atoms with van der Waals surface area (Å²) in [5.41, 5.74) is 2.78. The van der Waals surface area contributed by atoms with Gasteiger partial charge in [-0.1, -0.05) is 25.1 Å². The van der Waals surface area contributed by atoms with Crippen molar-refractivity contribution in [2.45, 2.75) is 57.0 Å².